The fourth-order valence-electron chi connectivity index (χ4n) is 4.62. The lowest BCUT2D eigenvalue weighted by Gasteiger charge is -2.52. The number of β-amino-alcohol motifs (C(OH)–C–C–N with tert-alkyl or cyclic N) is 2. The van der Waals surface area contributed by atoms with Crippen LogP contribution in [0.2, 0.25) is 0 Å². The molecule has 0 aliphatic heterocycles. The first-order valence-electron chi connectivity index (χ1n) is 12.1. The summed E-state index contributed by atoms with van der Waals surface area (Å²) in [7, 11) is 0. The zero-order valence-corrected chi connectivity index (χ0v) is 19.5. The molecular weight excluding hydrogens is 350 g/mol. The summed E-state index contributed by atoms with van der Waals surface area (Å²) < 4.78 is 0. The Balaban J connectivity index is 5.11. The van der Waals surface area contributed by atoms with E-state index in [1.807, 2.05) is 13.8 Å². The van der Waals surface area contributed by atoms with Gasteiger partial charge in [0.1, 0.15) is 0 Å². The maximum atomic E-state index is 11.2. The predicted octanol–water partition coefficient (Wildman–Crippen LogP) is 5.28. The summed E-state index contributed by atoms with van der Waals surface area (Å²) >= 11 is 0. The molecular formula is C24H51NO3. The Morgan fingerprint density at radius 2 is 0.964 bits per heavy atom. The summed E-state index contributed by atoms with van der Waals surface area (Å²) in [5.41, 5.74) is -1.25. The third kappa shape index (κ3) is 10.6. The van der Waals surface area contributed by atoms with E-state index in [0.29, 0.717) is 13.1 Å². The molecule has 4 heteroatoms. The number of nitrogens with zero attached hydrogens (tertiary/aromatic N) is 1. The Hall–Kier alpha value is -0.160. The number of hydrogen-bond acceptors (Lipinski definition) is 4. The minimum atomic E-state index is -0.871. The molecule has 0 aromatic heterocycles. The topological polar surface area (TPSA) is 63.9 Å². The van der Waals surface area contributed by atoms with Crippen LogP contribution in [0.4, 0.5) is 0 Å². The van der Waals surface area contributed by atoms with Crippen LogP contribution in [-0.4, -0.2) is 57.7 Å². The van der Waals surface area contributed by atoms with Gasteiger partial charge in [0, 0.05) is 18.6 Å². The van der Waals surface area contributed by atoms with Crippen LogP contribution in [0.25, 0.3) is 0 Å². The molecule has 0 bridgehead atoms. The van der Waals surface area contributed by atoms with Crippen molar-refractivity contribution in [1.82, 2.24) is 4.90 Å². The summed E-state index contributed by atoms with van der Waals surface area (Å²) in [5.74, 6) is 0. The quantitative estimate of drug-likeness (QED) is 0.243. The second-order valence-corrected chi connectivity index (χ2v) is 9.06. The lowest BCUT2D eigenvalue weighted by atomic mass is 9.72. The van der Waals surface area contributed by atoms with E-state index in [2.05, 4.69) is 18.7 Å². The normalized spacial score (nSPS) is 12.9. The van der Waals surface area contributed by atoms with Gasteiger partial charge in [0.15, 0.2) is 0 Å². The molecule has 0 heterocycles. The number of rotatable bonds is 20. The van der Waals surface area contributed by atoms with E-state index in [-0.39, 0.29) is 18.8 Å². The van der Waals surface area contributed by atoms with Crippen LogP contribution in [0.15, 0.2) is 0 Å². The Labute approximate surface area is 175 Å². The molecule has 0 radical (unpaired) electrons. The lowest BCUT2D eigenvalue weighted by Crippen LogP contribution is -2.63. The summed E-state index contributed by atoms with van der Waals surface area (Å²) in [6.45, 7) is 9.46. The van der Waals surface area contributed by atoms with Crippen molar-refractivity contribution in [2.45, 2.75) is 129 Å². The van der Waals surface area contributed by atoms with E-state index in [9.17, 15) is 15.3 Å². The second-order valence-electron chi connectivity index (χ2n) is 9.06. The fourth-order valence-corrected chi connectivity index (χ4v) is 4.62. The Morgan fingerprint density at radius 1 is 0.607 bits per heavy atom. The summed E-state index contributed by atoms with van der Waals surface area (Å²) in [6, 6.07) is 0. The molecule has 28 heavy (non-hydrogen) atoms. The van der Waals surface area contributed by atoms with Gasteiger partial charge < -0.3 is 15.3 Å². The molecule has 0 fully saturated rings. The Kier molecular flexibility index (Phi) is 16.5. The third-order valence-electron chi connectivity index (χ3n) is 6.37. The monoisotopic (exact) mass is 401 g/mol. The fraction of sp³-hybridized carbons (Fsp3) is 1.00. The second kappa shape index (κ2) is 16.6. The Bertz CT molecular complexity index is 319. The highest BCUT2D eigenvalue weighted by Gasteiger charge is 2.46. The maximum absolute atomic E-state index is 11.2. The number of unbranched alkanes of at least 4 members (excludes halogenated alkanes) is 10. The molecule has 0 saturated carbocycles. The van der Waals surface area contributed by atoms with E-state index in [1.54, 1.807) is 0 Å². The van der Waals surface area contributed by atoms with Crippen molar-refractivity contribution in [3.63, 3.8) is 0 Å². The molecule has 0 aromatic rings. The average Bonchev–Trinajstić information content (AvgIpc) is 2.64. The van der Waals surface area contributed by atoms with Crippen LogP contribution in [0, 0.1) is 0 Å². The van der Waals surface area contributed by atoms with E-state index < -0.39 is 5.60 Å². The van der Waals surface area contributed by atoms with Crippen molar-refractivity contribution in [2.75, 3.05) is 26.3 Å². The van der Waals surface area contributed by atoms with Gasteiger partial charge in [-0.3, -0.25) is 4.90 Å². The molecule has 170 valence electrons. The van der Waals surface area contributed by atoms with E-state index >= 15 is 0 Å². The highest BCUT2D eigenvalue weighted by atomic mass is 16.3. The first kappa shape index (κ1) is 27.8. The summed E-state index contributed by atoms with van der Waals surface area (Å²) in [4.78, 5) is 2.17. The molecule has 0 saturated heterocycles. The molecule has 0 amide bonds. The van der Waals surface area contributed by atoms with Crippen molar-refractivity contribution >= 4 is 0 Å². The van der Waals surface area contributed by atoms with Gasteiger partial charge >= 0.3 is 0 Å². The highest BCUT2D eigenvalue weighted by molar-refractivity contribution is 5.02. The molecule has 0 unspecified atom stereocenters. The van der Waals surface area contributed by atoms with Gasteiger partial charge in [-0.2, -0.15) is 0 Å². The summed E-state index contributed by atoms with van der Waals surface area (Å²) in [6.07, 6.45) is 16.6. The number of aliphatic hydroxyl groups excluding tert-OH is 2. The molecule has 3 N–H and O–H groups in total. The van der Waals surface area contributed by atoms with Crippen LogP contribution in [-0.2, 0) is 0 Å². The van der Waals surface area contributed by atoms with Gasteiger partial charge in [0.25, 0.3) is 0 Å². The van der Waals surface area contributed by atoms with Crippen LogP contribution < -0.4 is 0 Å². The van der Waals surface area contributed by atoms with Gasteiger partial charge in [-0.05, 0) is 26.7 Å². The van der Waals surface area contributed by atoms with E-state index in [0.717, 1.165) is 25.7 Å². The zero-order valence-electron chi connectivity index (χ0n) is 19.5. The lowest BCUT2D eigenvalue weighted by molar-refractivity contribution is -0.111. The predicted molar refractivity (Wildman–Crippen MR) is 121 cm³/mol. The molecule has 0 aliphatic carbocycles. The SMILES string of the molecule is CCCCCCCCC(CCCCCCCC)(N(CCO)CCO)C(C)(C)O. The van der Waals surface area contributed by atoms with E-state index in [4.69, 9.17) is 0 Å². The molecule has 0 aliphatic rings. The van der Waals surface area contributed by atoms with Crippen LogP contribution in [0.5, 0.6) is 0 Å². The molecule has 0 spiro atoms. The van der Waals surface area contributed by atoms with E-state index in [1.165, 1.54) is 64.2 Å². The Morgan fingerprint density at radius 3 is 1.29 bits per heavy atom. The largest absolute Gasteiger partial charge is 0.395 e. The van der Waals surface area contributed by atoms with Gasteiger partial charge in [-0.25, -0.2) is 0 Å². The maximum Gasteiger partial charge on any atom is 0.0774 e. The zero-order chi connectivity index (χ0) is 21.3. The third-order valence-corrected chi connectivity index (χ3v) is 6.37. The van der Waals surface area contributed by atoms with Crippen LogP contribution >= 0.6 is 0 Å². The average molecular weight is 402 g/mol. The molecule has 0 atom stereocenters. The van der Waals surface area contributed by atoms with Crippen LogP contribution in [0.1, 0.15) is 118 Å². The van der Waals surface area contributed by atoms with Gasteiger partial charge in [-0.1, -0.05) is 90.9 Å². The first-order chi connectivity index (χ1) is 13.4. The number of aliphatic hydroxyl groups is 3. The highest BCUT2D eigenvalue weighted by Crippen LogP contribution is 2.39. The van der Waals surface area contributed by atoms with Crippen molar-refractivity contribution in [3.8, 4) is 0 Å². The number of hydrogen-bond donors (Lipinski definition) is 3. The molecule has 0 aromatic carbocycles. The smallest absolute Gasteiger partial charge is 0.0774 e. The van der Waals surface area contributed by atoms with Crippen molar-refractivity contribution in [3.05, 3.63) is 0 Å². The molecule has 4 nitrogen and oxygen atoms in total. The standard InChI is InChI=1S/C24H51NO3/c1-5-7-9-11-13-15-17-24(23(3,4)28,25(19-21-26)20-22-27)18-16-14-12-10-8-6-2/h26-28H,5-22H2,1-4H3. The van der Waals surface area contributed by atoms with Crippen molar-refractivity contribution < 1.29 is 15.3 Å². The van der Waals surface area contributed by atoms with Crippen LogP contribution in [0.3, 0.4) is 0 Å². The van der Waals surface area contributed by atoms with Gasteiger partial charge in [-0.15, -0.1) is 0 Å². The minimum Gasteiger partial charge on any atom is -0.395 e. The molecule has 0 rings (SSSR count). The van der Waals surface area contributed by atoms with Gasteiger partial charge in [0.2, 0.25) is 0 Å². The van der Waals surface area contributed by atoms with Gasteiger partial charge in [0.05, 0.1) is 18.8 Å². The van der Waals surface area contributed by atoms with Crippen molar-refractivity contribution in [1.29, 1.82) is 0 Å². The minimum absolute atomic E-state index is 0.0603. The van der Waals surface area contributed by atoms with Crippen molar-refractivity contribution in [2.24, 2.45) is 0 Å². The first-order valence-corrected chi connectivity index (χ1v) is 12.1. The summed E-state index contributed by atoms with van der Waals surface area (Å²) in [5, 5.41) is 30.5.